The third-order valence-corrected chi connectivity index (χ3v) is 5.89. The van der Waals surface area contributed by atoms with E-state index in [4.69, 9.17) is 4.74 Å². The molecule has 2 aromatic rings. The summed E-state index contributed by atoms with van der Waals surface area (Å²) >= 11 is 0. The SMILES string of the molecule is O=C(COC(=O)c1cccc(NS(=O)(=O)/C=C/c2ccccc2)c1)NC(=O)NC1CCCC1. The Labute approximate surface area is 192 Å². The molecule has 2 aromatic carbocycles. The van der Waals surface area contributed by atoms with E-state index in [-0.39, 0.29) is 17.3 Å². The molecule has 1 aliphatic rings. The van der Waals surface area contributed by atoms with Crippen molar-refractivity contribution in [3.8, 4) is 0 Å². The summed E-state index contributed by atoms with van der Waals surface area (Å²) in [5, 5.41) is 5.84. The Kier molecular flexibility index (Phi) is 8.20. The molecule has 174 valence electrons. The van der Waals surface area contributed by atoms with Gasteiger partial charge in [0.15, 0.2) is 6.61 Å². The minimum atomic E-state index is -3.82. The van der Waals surface area contributed by atoms with Gasteiger partial charge < -0.3 is 10.1 Å². The molecule has 0 bridgehead atoms. The summed E-state index contributed by atoms with van der Waals surface area (Å²) in [6.07, 6.45) is 5.27. The molecule has 3 N–H and O–H groups in total. The second kappa shape index (κ2) is 11.3. The highest BCUT2D eigenvalue weighted by Gasteiger charge is 2.19. The maximum atomic E-state index is 12.3. The molecule has 10 heteroatoms. The number of urea groups is 1. The average molecular weight is 472 g/mol. The van der Waals surface area contributed by atoms with Gasteiger partial charge in [0.2, 0.25) is 0 Å². The Hall–Kier alpha value is -3.66. The molecule has 1 saturated carbocycles. The molecule has 9 nitrogen and oxygen atoms in total. The number of ether oxygens (including phenoxy) is 1. The van der Waals surface area contributed by atoms with Crippen molar-refractivity contribution in [2.75, 3.05) is 11.3 Å². The van der Waals surface area contributed by atoms with Crippen LogP contribution < -0.4 is 15.4 Å². The van der Waals surface area contributed by atoms with Crippen LogP contribution in [0.1, 0.15) is 41.6 Å². The number of benzene rings is 2. The lowest BCUT2D eigenvalue weighted by atomic mass is 10.2. The molecular formula is C23H25N3O6S. The van der Waals surface area contributed by atoms with Gasteiger partial charge in [-0.2, -0.15) is 0 Å². The van der Waals surface area contributed by atoms with Gasteiger partial charge in [-0.15, -0.1) is 0 Å². The van der Waals surface area contributed by atoms with Crippen molar-refractivity contribution in [1.82, 2.24) is 10.6 Å². The number of carbonyl (C=O) groups is 3. The number of sulfonamides is 1. The molecule has 3 amide bonds. The molecule has 0 aromatic heterocycles. The molecule has 0 spiro atoms. The van der Waals surface area contributed by atoms with Crippen molar-refractivity contribution in [1.29, 1.82) is 0 Å². The lowest BCUT2D eigenvalue weighted by Gasteiger charge is -2.12. The summed E-state index contributed by atoms with van der Waals surface area (Å²) in [7, 11) is -3.82. The molecule has 33 heavy (non-hydrogen) atoms. The van der Waals surface area contributed by atoms with Gasteiger partial charge in [0.1, 0.15) is 0 Å². The van der Waals surface area contributed by atoms with Gasteiger partial charge in [0.05, 0.1) is 11.0 Å². The van der Waals surface area contributed by atoms with Crippen molar-refractivity contribution < 1.29 is 27.5 Å². The third-order valence-electron chi connectivity index (χ3n) is 4.88. The molecule has 0 unspecified atom stereocenters. The van der Waals surface area contributed by atoms with Crippen LogP contribution in [0.4, 0.5) is 10.5 Å². The largest absolute Gasteiger partial charge is 0.452 e. The molecule has 1 fully saturated rings. The van der Waals surface area contributed by atoms with E-state index >= 15 is 0 Å². The van der Waals surface area contributed by atoms with Crippen LogP contribution in [-0.4, -0.2) is 39.0 Å². The lowest BCUT2D eigenvalue weighted by Crippen LogP contribution is -2.44. The Bertz CT molecular complexity index is 1130. The van der Waals surface area contributed by atoms with Crippen molar-refractivity contribution in [2.45, 2.75) is 31.7 Å². The van der Waals surface area contributed by atoms with Crippen LogP contribution in [-0.2, 0) is 19.6 Å². The van der Waals surface area contributed by atoms with Gasteiger partial charge in [-0.1, -0.05) is 49.2 Å². The van der Waals surface area contributed by atoms with E-state index in [9.17, 15) is 22.8 Å². The van der Waals surface area contributed by atoms with Crippen LogP contribution in [0.3, 0.4) is 0 Å². The highest BCUT2D eigenvalue weighted by atomic mass is 32.2. The molecule has 1 aliphatic carbocycles. The number of esters is 1. The molecule has 0 heterocycles. The maximum absolute atomic E-state index is 12.3. The van der Waals surface area contributed by atoms with Crippen LogP contribution in [0, 0.1) is 0 Å². The molecule has 0 saturated heterocycles. The van der Waals surface area contributed by atoms with Crippen molar-refractivity contribution >= 4 is 39.7 Å². The van der Waals surface area contributed by atoms with E-state index in [2.05, 4.69) is 15.4 Å². The first-order valence-electron chi connectivity index (χ1n) is 10.4. The second-order valence-electron chi connectivity index (χ2n) is 7.52. The molecular weight excluding hydrogens is 446 g/mol. The standard InChI is InChI=1S/C23H25N3O6S/c27-21(25-23(29)24-19-10-4-5-11-19)16-32-22(28)18-9-6-12-20(15-18)26-33(30,31)14-13-17-7-2-1-3-8-17/h1-3,6-9,12-15,19,26H,4-5,10-11,16H2,(H2,24,25,27,29)/b14-13+. The van der Waals surface area contributed by atoms with Crippen LogP contribution in [0.5, 0.6) is 0 Å². The fourth-order valence-corrected chi connectivity index (χ4v) is 4.17. The summed E-state index contributed by atoms with van der Waals surface area (Å²) < 4.78 is 31.9. The fraction of sp³-hybridized carbons (Fsp3) is 0.261. The van der Waals surface area contributed by atoms with E-state index in [1.165, 1.54) is 30.3 Å². The zero-order valence-electron chi connectivity index (χ0n) is 17.8. The van der Waals surface area contributed by atoms with Crippen LogP contribution in [0.2, 0.25) is 0 Å². The quantitative estimate of drug-likeness (QED) is 0.507. The minimum absolute atomic E-state index is 0.0467. The number of carbonyl (C=O) groups excluding carboxylic acids is 3. The first-order chi connectivity index (χ1) is 15.8. The van der Waals surface area contributed by atoms with Gasteiger partial charge in [0, 0.05) is 11.7 Å². The number of nitrogens with one attached hydrogen (secondary N) is 3. The summed E-state index contributed by atoms with van der Waals surface area (Å²) in [4.78, 5) is 35.9. The van der Waals surface area contributed by atoms with E-state index in [0.29, 0.717) is 0 Å². The zero-order valence-corrected chi connectivity index (χ0v) is 18.6. The number of imide groups is 1. The number of anilines is 1. The molecule has 3 rings (SSSR count). The first kappa shape index (κ1) is 24.0. The Morgan fingerprint density at radius 3 is 2.45 bits per heavy atom. The molecule has 0 aliphatic heterocycles. The van der Waals surface area contributed by atoms with Gasteiger partial charge in [-0.25, -0.2) is 18.0 Å². The topological polar surface area (TPSA) is 131 Å². The van der Waals surface area contributed by atoms with E-state index in [1.807, 2.05) is 6.07 Å². The first-order valence-corrected chi connectivity index (χ1v) is 12.0. The Morgan fingerprint density at radius 2 is 1.73 bits per heavy atom. The van der Waals surface area contributed by atoms with Crippen LogP contribution >= 0.6 is 0 Å². The fourth-order valence-electron chi connectivity index (χ4n) is 3.31. The van der Waals surface area contributed by atoms with Gasteiger partial charge >= 0.3 is 12.0 Å². The van der Waals surface area contributed by atoms with E-state index in [1.54, 1.807) is 24.3 Å². The van der Waals surface area contributed by atoms with Crippen molar-refractivity contribution in [3.05, 3.63) is 71.1 Å². The molecule has 0 radical (unpaired) electrons. The summed E-state index contributed by atoms with van der Waals surface area (Å²) in [5.74, 6) is -1.59. The Morgan fingerprint density at radius 1 is 1.00 bits per heavy atom. The van der Waals surface area contributed by atoms with Crippen molar-refractivity contribution in [2.24, 2.45) is 0 Å². The highest BCUT2D eigenvalue weighted by Crippen LogP contribution is 2.17. The number of hydrogen-bond acceptors (Lipinski definition) is 6. The normalized spacial score (nSPS) is 14.1. The smallest absolute Gasteiger partial charge is 0.338 e. The summed E-state index contributed by atoms with van der Waals surface area (Å²) in [6, 6.07) is 14.0. The predicted octanol–water partition coefficient (Wildman–Crippen LogP) is 3.02. The number of rotatable bonds is 8. The lowest BCUT2D eigenvalue weighted by molar-refractivity contribution is -0.123. The monoisotopic (exact) mass is 471 g/mol. The molecule has 0 atom stereocenters. The van der Waals surface area contributed by atoms with Crippen molar-refractivity contribution in [3.63, 3.8) is 0 Å². The Balaban J connectivity index is 1.50. The minimum Gasteiger partial charge on any atom is -0.452 e. The second-order valence-corrected chi connectivity index (χ2v) is 9.09. The van der Waals surface area contributed by atoms with Crippen LogP contribution in [0.15, 0.2) is 60.0 Å². The summed E-state index contributed by atoms with van der Waals surface area (Å²) in [5.41, 5.74) is 0.920. The maximum Gasteiger partial charge on any atom is 0.338 e. The van der Waals surface area contributed by atoms with E-state index < -0.39 is 34.5 Å². The average Bonchev–Trinajstić information content (AvgIpc) is 3.29. The number of amides is 3. The van der Waals surface area contributed by atoms with E-state index in [0.717, 1.165) is 36.7 Å². The summed E-state index contributed by atoms with van der Waals surface area (Å²) in [6.45, 7) is -0.646. The zero-order chi connectivity index (χ0) is 23.7. The third kappa shape index (κ3) is 8.08. The van der Waals surface area contributed by atoms with Gasteiger partial charge in [0.25, 0.3) is 15.9 Å². The number of hydrogen-bond donors (Lipinski definition) is 3. The van der Waals surface area contributed by atoms with Gasteiger partial charge in [-0.05, 0) is 42.7 Å². The van der Waals surface area contributed by atoms with Crippen LogP contribution in [0.25, 0.3) is 6.08 Å². The predicted molar refractivity (Wildman–Crippen MR) is 124 cm³/mol. The van der Waals surface area contributed by atoms with Gasteiger partial charge in [-0.3, -0.25) is 14.8 Å². The highest BCUT2D eigenvalue weighted by molar-refractivity contribution is 7.95.